The topological polar surface area (TPSA) is 220 Å². The molecule has 276 valence electrons. The van der Waals surface area contributed by atoms with Crippen molar-refractivity contribution in [2.75, 3.05) is 31.1 Å². The van der Waals surface area contributed by atoms with E-state index in [-0.39, 0.29) is 42.1 Å². The number of amides is 8. The van der Waals surface area contributed by atoms with Crippen LogP contribution in [-0.4, -0.2) is 135 Å². The normalized spacial score (nSPS) is 31.5. The van der Waals surface area contributed by atoms with Crippen LogP contribution in [0.15, 0.2) is 0 Å². The Morgan fingerprint density at radius 3 is 2.12 bits per heavy atom. The van der Waals surface area contributed by atoms with Crippen LogP contribution in [0.1, 0.15) is 71.6 Å². The van der Waals surface area contributed by atoms with Gasteiger partial charge in [-0.25, -0.2) is 0 Å². The number of hydrogen-bond acceptors (Lipinski definition) is 10. The summed E-state index contributed by atoms with van der Waals surface area (Å²) in [5.41, 5.74) is 5.60. The molecule has 18 heteroatoms. The standard InChI is InChI=1S/C32H48N8O8S2/c1-17(2)14-19-28(44)37-20(30(46)38-11-3-6-22(38)26(33)42)15-49-50-16-21(36-27(43)18-9-10-25(41)34-18)31(47)40-13-5-8-24(40)32(48)39-12-4-7-23(39)29(45)35-19/h17-24H,3-16H2,1-2H3,(H2,33,42)(H,34,41)(H,35,45)(H,36,43)(H,37,44)/t18-,19-,20-,21-,22-,23-,24-/m0/s1. The summed E-state index contributed by atoms with van der Waals surface area (Å²) in [5.74, 6) is -3.60. The number of rotatable bonds is 6. The second kappa shape index (κ2) is 16.7. The van der Waals surface area contributed by atoms with E-state index in [1.807, 2.05) is 13.8 Å². The fourth-order valence-electron chi connectivity index (χ4n) is 7.42. The third kappa shape index (κ3) is 8.66. The molecule has 50 heavy (non-hydrogen) atoms. The predicted octanol–water partition coefficient (Wildman–Crippen LogP) is -1.38. The fourth-order valence-corrected chi connectivity index (χ4v) is 9.73. The molecule has 5 fully saturated rings. The van der Waals surface area contributed by atoms with E-state index in [0.717, 1.165) is 0 Å². The van der Waals surface area contributed by atoms with Crippen molar-refractivity contribution in [1.29, 1.82) is 0 Å². The van der Waals surface area contributed by atoms with Crippen LogP contribution in [-0.2, 0) is 38.4 Å². The van der Waals surface area contributed by atoms with E-state index < -0.39 is 77.7 Å². The second-order valence-electron chi connectivity index (χ2n) is 14.0. The molecule has 0 radical (unpaired) electrons. The average Bonchev–Trinajstić information content (AvgIpc) is 3.90. The van der Waals surface area contributed by atoms with Gasteiger partial charge in [0.05, 0.1) is 0 Å². The fraction of sp³-hybridized carbons (Fsp3) is 0.750. The van der Waals surface area contributed by atoms with E-state index >= 15 is 0 Å². The summed E-state index contributed by atoms with van der Waals surface area (Å²) >= 11 is 0. The molecule has 8 amide bonds. The monoisotopic (exact) mass is 736 g/mol. The van der Waals surface area contributed by atoms with Crippen LogP contribution in [0.25, 0.3) is 0 Å². The van der Waals surface area contributed by atoms with Gasteiger partial charge < -0.3 is 41.7 Å². The summed E-state index contributed by atoms with van der Waals surface area (Å²) in [6.45, 7) is 4.73. The zero-order valence-electron chi connectivity index (χ0n) is 28.5. The molecule has 6 N–H and O–H groups in total. The van der Waals surface area contributed by atoms with Crippen LogP contribution < -0.4 is 27.0 Å². The molecule has 0 aromatic rings. The van der Waals surface area contributed by atoms with Gasteiger partial charge in [-0.05, 0) is 57.3 Å². The number of primary amides is 1. The van der Waals surface area contributed by atoms with Gasteiger partial charge in [0.15, 0.2) is 0 Å². The van der Waals surface area contributed by atoms with Gasteiger partial charge in [-0.15, -0.1) is 0 Å². The maximum Gasteiger partial charge on any atom is 0.246 e. The molecule has 0 aliphatic carbocycles. The molecular formula is C32H48N8O8S2. The summed E-state index contributed by atoms with van der Waals surface area (Å²) in [6.07, 6.45) is 3.68. The average molecular weight is 737 g/mol. The van der Waals surface area contributed by atoms with E-state index in [4.69, 9.17) is 5.73 Å². The molecule has 5 heterocycles. The largest absolute Gasteiger partial charge is 0.368 e. The molecular weight excluding hydrogens is 689 g/mol. The van der Waals surface area contributed by atoms with Crippen molar-refractivity contribution in [3.63, 3.8) is 0 Å². The molecule has 5 aliphatic heterocycles. The number of carbonyl (C=O) groups excluding carboxylic acids is 8. The summed E-state index contributed by atoms with van der Waals surface area (Å²) in [6, 6.07) is -6.39. The van der Waals surface area contributed by atoms with Crippen LogP contribution in [0.5, 0.6) is 0 Å². The molecule has 0 spiro atoms. The Kier molecular flexibility index (Phi) is 12.6. The lowest BCUT2D eigenvalue weighted by molar-refractivity contribution is -0.148. The minimum absolute atomic E-state index is 0.00105. The molecule has 5 rings (SSSR count). The SMILES string of the molecule is CC(C)C[C@@H]1NC(=O)[C@@H]2CCCN2C(=O)[C@@H]2CCCN2C(=O)[C@@H](NC(=O)[C@@H]2CCC(=O)N2)CSSC[C@@H](C(=O)N2CCC[C@H]2C(N)=O)NC1=O. The lowest BCUT2D eigenvalue weighted by atomic mass is 10.0. The number of nitrogens with one attached hydrogen (secondary N) is 4. The number of nitrogens with two attached hydrogens (primary N) is 1. The highest BCUT2D eigenvalue weighted by Crippen LogP contribution is 2.29. The Morgan fingerprint density at radius 2 is 1.46 bits per heavy atom. The maximum atomic E-state index is 14.1. The molecule has 0 aromatic carbocycles. The van der Waals surface area contributed by atoms with E-state index in [0.29, 0.717) is 64.6 Å². The van der Waals surface area contributed by atoms with E-state index in [2.05, 4.69) is 21.3 Å². The van der Waals surface area contributed by atoms with Gasteiger partial charge >= 0.3 is 0 Å². The number of nitrogens with zero attached hydrogens (tertiary/aromatic N) is 3. The first-order valence-electron chi connectivity index (χ1n) is 17.5. The molecule has 16 nitrogen and oxygen atoms in total. The predicted molar refractivity (Wildman–Crippen MR) is 185 cm³/mol. The number of fused-ring (bicyclic) bond motifs is 2. The van der Waals surface area contributed by atoms with Gasteiger partial charge in [0, 0.05) is 37.6 Å². The molecule has 5 aliphatic rings. The highest BCUT2D eigenvalue weighted by atomic mass is 33.1. The molecule has 0 bridgehead atoms. The maximum absolute atomic E-state index is 14.1. The summed E-state index contributed by atoms with van der Waals surface area (Å²) in [7, 11) is 2.42. The number of hydrogen-bond donors (Lipinski definition) is 5. The van der Waals surface area contributed by atoms with Crippen LogP contribution in [0.4, 0.5) is 0 Å². The van der Waals surface area contributed by atoms with Gasteiger partial charge in [0.25, 0.3) is 0 Å². The van der Waals surface area contributed by atoms with Crippen molar-refractivity contribution in [1.82, 2.24) is 36.0 Å². The van der Waals surface area contributed by atoms with Crippen molar-refractivity contribution >= 4 is 68.8 Å². The summed E-state index contributed by atoms with van der Waals surface area (Å²) in [5, 5.41) is 11.1. The van der Waals surface area contributed by atoms with Gasteiger partial charge in [0.2, 0.25) is 47.3 Å². The molecule has 5 saturated heterocycles. The van der Waals surface area contributed by atoms with Gasteiger partial charge in [-0.2, -0.15) is 0 Å². The lowest BCUT2D eigenvalue weighted by Gasteiger charge is -2.33. The molecule has 0 unspecified atom stereocenters. The zero-order chi connectivity index (χ0) is 36.1. The van der Waals surface area contributed by atoms with Crippen molar-refractivity contribution in [3.8, 4) is 0 Å². The number of carbonyl (C=O) groups is 8. The first kappa shape index (κ1) is 37.7. The van der Waals surface area contributed by atoms with Crippen molar-refractivity contribution in [2.45, 2.75) is 114 Å². The quantitative estimate of drug-likeness (QED) is 0.201. The minimum atomic E-state index is -1.09. The Hall–Kier alpha value is -3.54. The Morgan fingerprint density at radius 1 is 0.800 bits per heavy atom. The van der Waals surface area contributed by atoms with Gasteiger partial charge in [-0.3, -0.25) is 38.4 Å². The van der Waals surface area contributed by atoms with Gasteiger partial charge in [0.1, 0.15) is 42.3 Å². The van der Waals surface area contributed by atoms with Crippen molar-refractivity contribution < 1.29 is 38.4 Å². The molecule has 7 atom stereocenters. The van der Waals surface area contributed by atoms with Crippen molar-refractivity contribution in [3.05, 3.63) is 0 Å². The van der Waals surface area contributed by atoms with E-state index in [1.54, 1.807) is 0 Å². The van der Waals surface area contributed by atoms with Crippen LogP contribution in [0.3, 0.4) is 0 Å². The Bertz CT molecular complexity index is 1380. The molecule has 0 aromatic heterocycles. The third-order valence-corrected chi connectivity index (χ3v) is 12.4. The minimum Gasteiger partial charge on any atom is -0.368 e. The number of likely N-dealkylation sites (tertiary alicyclic amines) is 1. The highest BCUT2D eigenvalue weighted by Gasteiger charge is 2.45. The third-order valence-electron chi connectivity index (χ3n) is 9.96. The first-order valence-corrected chi connectivity index (χ1v) is 20.0. The van der Waals surface area contributed by atoms with E-state index in [9.17, 15) is 38.4 Å². The van der Waals surface area contributed by atoms with Crippen LogP contribution >= 0.6 is 21.6 Å². The molecule has 0 saturated carbocycles. The smallest absolute Gasteiger partial charge is 0.246 e. The second-order valence-corrected chi connectivity index (χ2v) is 16.6. The summed E-state index contributed by atoms with van der Waals surface area (Å²) in [4.78, 5) is 111. The highest BCUT2D eigenvalue weighted by molar-refractivity contribution is 8.76. The van der Waals surface area contributed by atoms with E-state index in [1.165, 1.54) is 36.3 Å². The van der Waals surface area contributed by atoms with Crippen molar-refractivity contribution in [2.24, 2.45) is 11.7 Å². The van der Waals surface area contributed by atoms with Crippen LogP contribution in [0.2, 0.25) is 0 Å². The van der Waals surface area contributed by atoms with Gasteiger partial charge in [-0.1, -0.05) is 35.4 Å². The summed E-state index contributed by atoms with van der Waals surface area (Å²) < 4.78 is 0. The first-order chi connectivity index (χ1) is 23.8. The zero-order valence-corrected chi connectivity index (χ0v) is 30.2. The lowest BCUT2D eigenvalue weighted by Crippen LogP contribution is -2.59. The van der Waals surface area contributed by atoms with Crippen LogP contribution in [0, 0.1) is 5.92 Å². The Labute approximate surface area is 299 Å². The Balaban J connectivity index is 1.44.